The third kappa shape index (κ3) is 4.47. The number of fused-ring (bicyclic) bond motifs is 3. The summed E-state index contributed by atoms with van der Waals surface area (Å²) in [6.45, 7) is 0.216. The minimum Gasteiger partial charge on any atom is -0.481 e. The molecule has 6 heteroatoms. The van der Waals surface area contributed by atoms with Crippen molar-refractivity contribution in [3.63, 3.8) is 0 Å². The fourth-order valence-corrected chi connectivity index (χ4v) is 6.39. The van der Waals surface area contributed by atoms with E-state index in [4.69, 9.17) is 4.74 Å². The first-order chi connectivity index (χ1) is 16.6. The number of carbonyl (C=O) groups excluding carboxylic acids is 1. The zero-order valence-electron chi connectivity index (χ0n) is 19.0. The summed E-state index contributed by atoms with van der Waals surface area (Å²) in [6, 6.07) is 17.8. The average molecular weight is 476 g/mol. The summed E-state index contributed by atoms with van der Waals surface area (Å²) in [6.07, 6.45) is 4.57. The Labute approximate surface area is 203 Å². The fraction of sp³-hybridized carbons (Fsp3) is 0.357. The molecule has 3 aromatic rings. The molecule has 0 saturated heterocycles. The van der Waals surface area contributed by atoms with Crippen LogP contribution in [-0.2, 0) is 9.53 Å². The van der Waals surface area contributed by atoms with Gasteiger partial charge in [0.1, 0.15) is 12.5 Å². The number of ether oxygens (including phenoxy) is 1. The highest BCUT2D eigenvalue weighted by atomic mass is 32.1. The van der Waals surface area contributed by atoms with E-state index in [0.717, 1.165) is 48.8 Å². The molecular formula is C28H29NO4S. The van der Waals surface area contributed by atoms with Crippen molar-refractivity contribution >= 4 is 23.4 Å². The van der Waals surface area contributed by atoms with Crippen molar-refractivity contribution in [2.75, 3.05) is 6.61 Å². The molecule has 1 heterocycles. The highest BCUT2D eigenvalue weighted by molar-refractivity contribution is 7.08. The van der Waals surface area contributed by atoms with Crippen LogP contribution >= 0.6 is 11.3 Å². The number of hydrogen-bond donors (Lipinski definition) is 2. The molecule has 5 rings (SSSR count). The third-order valence-corrected chi connectivity index (χ3v) is 8.01. The third-order valence-electron chi connectivity index (χ3n) is 7.31. The predicted octanol–water partition coefficient (Wildman–Crippen LogP) is 6.40. The number of carboxylic acids is 1. The van der Waals surface area contributed by atoms with Crippen LogP contribution in [-0.4, -0.2) is 29.8 Å². The number of thiophene rings is 1. The summed E-state index contributed by atoms with van der Waals surface area (Å²) in [7, 11) is 0. The quantitative estimate of drug-likeness (QED) is 0.414. The molecule has 34 heavy (non-hydrogen) atoms. The Morgan fingerprint density at radius 2 is 1.62 bits per heavy atom. The number of aliphatic carboxylic acids is 1. The van der Waals surface area contributed by atoms with E-state index < -0.39 is 24.0 Å². The second kappa shape index (κ2) is 10.0. The first-order valence-electron chi connectivity index (χ1n) is 12.0. The molecule has 0 bridgehead atoms. The van der Waals surface area contributed by atoms with E-state index in [0.29, 0.717) is 0 Å². The molecule has 2 aliphatic carbocycles. The Morgan fingerprint density at radius 3 is 2.21 bits per heavy atom. The fourth-order valence-electron chi connectivity index (χ4n) is 5.70. The maximum absolute atomic E-state index is 13.0. The number of carboxylic acid groups (broad SMARTS) is 1. The molecule has 1 saturated carbocycles. The lowest BCUT2D eigenvalue weighted by atomic mass is 9.77. The van der Waals surface area contributed by atoms with Crippen molar-refractivity contribution in [2.24, 2.45) is 5.92 Å². The molecule has 5 nitrogen and oxygen atoms in total. The number of nitrogens with one attached hydrogen (secondary N) is 1. The summed E-state index contributed by atoms with van der Waals surface area (Å²) in [5.74, 6) is -1.60. The second-order valence-corrected chi connectivity index (χ2v) is 10.0. The minimum absolute atomic E-state index is 0.0292. The lowest BCUT2D eigenvalue weighted by Gasteiger charge is -2.34. The van der Waals surface area contributed by atoms with Crippen molar-refractivity contribution < 1.29 is 19.4 Å². The van der Waals surface area contributed by atoms with Crippen LogP contribution in [0.5, 0.6) is 0 Å². The SMILES string of the molecule is O=C(NC(C1CCCCC1)C(C(=O)O)c1ccsc1)OCC1c2ccccc2-c2ccccc21. The van der Waals surface area contributed by atoms with Crippen LogP contribution in [0, 0.1) is 5.92 Å². The van der Waals surface area contributed by atoms with Crippen LogP contribution in [0.4, 0.5) is 4.79 Å². The van der Waals surface area contributed by atoms with Gasteiger partial charge in [0.25, 0.3) is 0 Å². The topological polar surface area (TPSA) is 75.6 Å². The number of benzene rings is 2. The molecule has 176 valence electrons. The van der Waals surface area contributed by atoms with Crippen molar-refractivity contribution in [1.82, 2.24) is 5.32 Å². The van der Waals surface area contributed by atoms with E-state index in [-0.39, 0.29) is 18.4 Å². The molecule has 0 aliphatic heterocycles. The van der Waals surface area contributed by atoms with E-state index in [1.807, 2.05) is 41.1 Å². The van der Waals surface area contributed by atoms with Crippen LogP contribution in [0.15, 0.2) is 65.4 Å². The monoisotopic (exact) mass is 475 g/mol. The number of rotatable bonds is 7. The Hall–Kier alpha value is -3.12. The average Bonchev–Trinajstić information content (AvgIpc) is 3.49. The first-order valence-corrected chi connectivity index (χ1v) is 12.9. The van der Waals surface area contributed by atoms with Crippen LogP contribution in [0.2, 0.25) is 0 Å². The van der Waals surface area contributed by atoms with Gasteiger partial charge in [0.15, 0.2) is 0 Å². The molecule has 2 atom stereocenters. The van der Waals surface area contributed by atoms with Gasteiger partial charge in [-0.15, -0.1) is 0 Å². The summed E-state index contributed by atoms with van der Waals surface area (Å²) < 4.78 is 5.77. The predicted molar refractivity (Wildman–Crippen MR) is 133 cm³/mol. The Bertz CT molecular complexity index is 1110. The summed E-state index contributed by atoms with van der Waals surface area (Å²) in [4.78, 5) is 25.4. The molecule has 1 aromatic heterocycles. The molecule has 0 radical (unpaired) electrons. The van der Waals surface area contributed by atoms with Gasteiger partial charge in [-0.3, -0.25) is 4.79 Å². The molecular weight excluding hydrogens is 446 g/mol. The van der Waals surface area contributed by atoms with Gasteiger partial charge >= 0.3 is 12.1 Å². The summed E-state index contributed by atoms with van der Waals surface area (Å²) >= 11 is 1.48. The zero-order valence-corrected chi connectivity index (χ0v) is 19.8. The van der Waals surface area contributed by atoms with E-state index >= 15 is 0 Å². The lowest BCUT2D eigenvalue weighted by Crippen LogP contribution is -2.47. The van der Waals surface area contributed by atoms with Crippen LogP contribution in [0.25, 0.3) is 11.1 Å². The number of alkyl carbamates (subject to hydrolysis) is 1. The van der Waals surface area contributed by atoms with Crippen LogP contribution in [0.3, 0.4) is 0 Å². The van der Waals surface area contributed by atoms with Gasteiger partial charge in [-0.25, -0.2) is 4.79 Å². The van der Waals surface area contributed by atoms with Gasteiger partial charge < -0.3 is 15.2 Å². The van der Waals surface area contributed by atoms with Gasteiger partial charge in [0, 0.05) is 5.92 Å². The molecule has 2 unspecified atom stereocenters. The van der Waals surface area contributed by atoms with Crippen LogP contribution < -0.4 is 5.32 Å². The van der Waals surface area contributed by atoms with Crippen molar-refractivity contribution in [3.8, 4) is 11.1 Å². The molecule has 2 N–H and O–H groups in total. The number of hydrogen-bond acceptors (Lipinski definition) is 4. The Balaban J connectivity index is 1.34. The van der Waals surface area contributed by atoms with Crippen LogP contribution in [0.1, 0.15) is 60.6 Å². The molecule has 2 aliphatic rings. The molecule has 1 amide bonds. The van der Waals surface area contributed by atoms with Crippen molar-refractivity contribution in [2.45, 2.75) is 50.0 Å². The number of amides is 1. The number of carbonyl (C=O) groups is 2. The van der Waals surface area contributed by atoms with Crippen molar-refractivity contribution in [1.29, 1.82) is 0 Å². The van der Waals surface area contributed by atoms with E-state index in [1.54, 1.807) is 0 Å². The Morgan fingerprint density at radius 1 is 0.971 bits per heavy atom. The maximum atomic E-state index is 13.0. The van der Waals surface area contributed by atoms with E-state index in [2.05, 4.69) is 29.6 Å². The van der Waals surface area contributed by atoms with E-state index in [9.17, 15) is 14.7 Å². The normalized spacial score (nSPS) is 17.4. The van der Waals surface area contributed by atoms with Crippen molar-refractivity contribution in [3.05, 3.63) is 82.0 Å². The maximum Gasteiger partial charge on any atom is 0.407 e. The Kier molecular flexibility index (Phi) is 6.68. The standard InChI is InChI=1S/C28H29NO4S/c30-27(31)25(19-14-15-34-17-19)26(18-8-2-1-3-9-18)29-28(32)33-16-24-22-12-6-4-10-20(22)21-11-5-7-13-23(21)24/h4-7,10-15,17-18,24-26H,1-3,8-9,16H2,(H,29,32)(H,30,31). The molecule has 2 aromatic carbocycles. The highest BCUT2D eigenvalue weighted by Crippen LogP contribution is 2.44. The first kappa shape index (κ1) is 22.7. The van der Waals surface area contributed by atoms with Gasteiger partial charge in [-0.1, -0.05) is 67.8 Å². The second-order valence-electron chi connectivity index (χ2n) is 9.27. The van der Waals surface area contributed by atoms with Gasteiger partial charge in [-0.05, 0) is 63.4 Å². The molecule has 0 spiro atoms. The largest absolute Gasteiger partial charge is 0.481 e. The highest BCUT2D eigenvalue weighted by Gasteiger charge is 2.38. The summed E-state index contributed by atoms with van der Waals surface area (Å²) in [5.41, 5.74) is 5.40. The smallest absolute Gasteiger partial charge is 0.407 e. The van der Waals surface area contributed by atoms with Gasteiger partial charge in [-0.2, -0.15) is 11.3 Å². The lowest BCUT2D eigenvalue weighted by molar-refractivity contribution is -0.140. The zero-order chi connectivity index (χ0) is 23.5. The minimum atomic E-state index is -0.909. The summed E-state index contributed by atoms with van der Waals surface area (Å²) in [5, 5.41) is 16.8. The molecule has 1 fully saturated rings. The van der Waals surface area contributed by atoms with Gasteiger partial charge in [0.2, 0.25) is 0 Å². The van der Waals surface area contributed by atoms with Gasteiger partial charge in [0.05, 0.1) is 6.04 Å². The van der Waals surface area contributed by atoms with E-state index in [1.165, 1.54) is 22.5 Å².